The van der Waals surface area contributed by atoms with Gasteiger partial charge in [-0.3, -0.25) is 0 Å². The lowest BCUT2D eigenvalue weighted by atomic mass is 10.2. The van der Waals surface area contributed by atoms with Gasteiger partial charge in [-0.2, -0.15) is 0 Å². The predicted molar refractivity (Wildman–Crippen MR) is 71.0 cm³/mol. The molecule has 0 spiro atoms. The second-order valence-electron chi connectivity index (χ2n) is 3.95. The van der Waals surface area contributed by atoms with Gasteiger partial charge in [0.25, 0.3) is 0 Å². The quantitative estimate of drug-likeness (QED) is 0.867. The molecule has 3 nitrogen and oxygen atoms in total. The maximum atomic E-state index is 5.67. The number of benzene rings is 1. The average Bonchev–Trinajstić information content (AvgIpc) is 2.21. The fraction of sp³-hybridized carbons (Fsp3) is 0.500. The Kier molecular flexibility index (Phi) is 5.80. The molecule has 1 N–H and O–H groups in total. The molecule has 0 amide bonds. The van der Waals surface area contributed by atoms with Gasteiger partial charge >= 0.3 is 0 Å². The van der Waals surface area contributed by atoms with Crippen molar-refractivity contribution in [2.45, 2.75) is 6.54 Å². The number of likely N-dealkylation sites (N-methyl/N-ethyl adjacent to an activating group) is 1. The van der Waals surface area contributed by atoms with Gasteiger partial charge in [0.05, 0.1) is 4.47 Å². The van der Waals surface area contributed by atoms with E-state index in [1.165, 1.54) is 5.56 Å². The van der Waals surface area contributed by atoms with Crippen molar-refractivity contribution in [2.24, 2.45) is 0 Å². The summed E-state index contributed by atoms with van der Waals surface area (Å²) in [5, 5.41) is 3.12. The Hall–Kier alpha value is -0.580. The lowest BCUT2D eigenvalue weighted by molar-refractivity contribution is 0.260. The second-order valence-corrected chi connectivity index (χ2v) is 4.80. The molecule has 0 aliphatic rings. The van der Waals surface area contributed by atoms with Crippen molar-refractivity contribution in [1.82, 2.24) is 10.2 Å². The Morgan fingerprint density at radius 2 is 2.12 bits per heavy atom. The molecular formula is C12H19BrN2O. The van der Waals surface area contributed by atoms with E-state index in [9.17, 15) is 0 Å². The molecule has 0 saturated heterocycles. The largest absolute Gasteiger partial charge is 0.491 e. The van der Waals surface area contributed by atoms with Crippen molar-refractivity contribution in [3.63, 3.8) is 0 Å². The van der Waals surface area contributed by atoms with Crippen LogP contribution in [0.4, 0.5) is 0 Å². The van der Waals surface area contributed by atoms with Crippen LogP contribution in [0.3, 0.4) is 0 Å². The van der Waals surface area contributed by atoms with Gasteiger partial charge in [-0.05, 0) is 54.8 Å². The summed E-state index contributed by atoms with van der Waals surface area (Å²) in [7, 11) is 6.01. The Labute approximate surface area is 106 Å². The first-order chi connectivity index (χ1) is 7.63. The molecule has 0 aromatic heterocycles. The van der Waals surface area contributed by atoms with E-state index in [2.05, 4.69) is 38.3 Å². The van der Waals surface area contributed by atoms with Crippen LogP contribution in [0.5, 0.6) is 5.75 Å². The van der Waals surface area contributed by atoms with Gasteiger partial charge in [-0.1, -0.05) is 6.07 Å². The molecule has 4 heteroatoms. The number of nitrogens with zero attached hydrogens (tertiary/aromatic N) is 1. The normalized spacial score (nSPS) is 10.8. The topological polar surface area (TPSA) is 24.5 Å². The summed E-state index contributed by atoms with van der Waals surface area (Å²) < 4.78 is 6.68. The third kappa shape index (κ3) is 4.51. The number of nitrogens with one attached hydrogen (secondary N) is 1. The lowest BCUT2D eigenvalue weighted by Crippen LogP contribution is -2.19. The van der Waals surface area contributed by atoms with E-state index in [4.69, 9.17) is 4.74 Å². The fourth-order valence-electron chi connectivity index (χ4n) is 1.31. The van der Waals surface area contributed by atoms with Crippen LogP contribution in [0.1, 0.15) is 5.56 Å². The zero-order chi connectivity index (χ0) is 12.0. The van der Waals surface area contributed by atoms with E-state index >= 15 is 0 Å². The molecule has 1 aromatic rings. The zero-order valence-electron chi connectivity index (χ0n) is 10.1. The summed E-state index contributed by atoms with van der Waals surface area (Å²) >= 11 is 3.52. The van der Waals surface area contributed by atoms with Crippen molar-refractivity contribution in [2.75, 3.05) is 34.3 Å². The van der Waals surface area contributed by atoms with Gasteiger partial charge in [-0.25, -0.2) is 0 Å². The van der Waals surface area contributed by atoms with E-state index in [1.54, 1.807) is 0 Å². The highest BCUT2D eigenvalue weighted by Crippen LogP contribution is 2.25. The highest BCUT2D eigenvalue weighted by atomic mass is 79.9. The molecule has 0 aliphatic carbocycles. The number of hydrogen-bond donors (Lipinski definition) is 1. The zero-order valence-corrected chi connectivity index (χ0v) is 11.7. The maximum Gasteiger partial charge on any atom is 0.133 e. The summed E-state index contributed by atoms with van der Waals surface area (Å²) in [6.07, 6.45) is 0. The van der Waals surface area contributed by atoms with Crippen molar-refractivity contribution >= 4 is 15.9 Å². The molecule has 0 atom stereocenters. The van der Waals surface area contributed by atoms with Crippen LogP contribution in [0, 0.1) is 0 Å². The maximum absolute atomic E-state index is 5.67. The van der Waals surface area contributed by atoms with Crippen LogP contribution in [0.15, 0.2) is 22.7 Å². The van der Waals surface area contributed by atoms with Crippen LogP contribution in [-0.4, -0.2) is 39.2 Å². The average molecular weight is 287 g/mol. The molecule has 0 bridgehead atoms. The number of halogens is 1. The molecule has 0 fully saturated rings. The van der Waals surface area contributed by atoms with Gasteiger partial charge in [-0.15, -0.1) is 0 Å². The minimum atomic E-state index is 0.705. The van der Waals surface area contributed by atoms with Crippen LogP contribution < -0.4 is 10.1 Å². The summed E-state index contributed by atoms with van der Waals surface area (Å²) in [4.78, 5) is 2.10. The number of hydrogen-bond acceptors (Lipinski definition) is 3. The standard InChI is InChI=1S/C12H19BrN2O/c1-14-9-10-4-5-12(11(13)8-10)16-7-6-15(2)3/h4-5,8,14H,6-7,9H2,1-3H3. The van der Waals surface area contributed by atoms with Gasteiger partial charge in [0.15, 0.2) is 0 Å². The molecule has 90 valence electrons. The fourth-order valence-corrected chi connectivity index (χ4v) is 1.85. The summed E-state index contributed by atoms with van der Waals surface area (Å²) in [5.74, 6) is 0.904. The molecule has 0 heterocycles. The molecule has 1 rings (SSSR count). The monoisotopic (exact) mass is 286 g/mol. The van der Waals surface area contributed by atoms with E-state index in [1.807, 2.05) is 27.2 Å². The lowest BCUT2D eigenvalue weighted by Gasteiger charge is -2.12. The highest BCUT2D eigenvalue weighted by Gasteiger charge is 2.02. The van der Waals surface area contributed by atoms with Gasteiger partial charge in [0, 0.05) is 13.1 Å². The van der Waals surface area contributed by atoms with Crippen molar-refractivity contribution in [1.29, 1.82) is 0 Å². The minimum absolute atomic E-state index is 0.705. The van der Waals surface area contributed by atoms with Crippen LogP contribution in [0.25, 0.3) is 0 Å². The van der Waals surface area contributed by atoms with E-state index in [-0.39, 0.29) is 0 Å². The first-order valence-corrected chi connectivity index (χ1v) is 6.13. The summed E-state index contributed by atoms with van der Waals surface area (Å²) in [5.41, 5.74) is 1.24. The second kappa shape index (κ2) is 6.89. The van der Waals surface area contributed by atoms with Crippen molar-refractivity contribution < 1.29 is 4.74 Å². The predicted octanol–water partition coefficient (Wildman–Crippen LogP) is 2.11. The van der Waals surface area contributed by atoms with Crippen molar-refractivity contribution in [3.05, 3.63) is 28.2 Å². The summed E-state index contributed by atoms with van der Waals surface area (Å²) in [6.45, 7) is 2.50. The summed E-state index contributed by atoms with van der Waals surface area (Å²) in [6, 6.07) is 6.17. The van der Waals surface area contributed by atoms with Gasteiger partial charge in [0.2, 0.25) is 0 Å². The van der Waals surface area contributed by atoms with Gasteiger partial charge in [0.1, 0.15) is 12.4 Å². The Morgan fingerprint density at radius 1 is 1.38 bits per heavy atom. The Morgan fingerprint density at radius 3 is 2.69 bits per heavy atom. The van der Waals surface area contributed by atoms with Crippen molar-refractivity contribution in [3.8, 4) is 5.75 Å². The molecule has 0 saturated carbocycles. The van der Waals surface area contributed by atoms with Crippen LogP contribution in [0.2, 0.25) is 0 Å². The van der Waals surface area contributed by atoms with Crippen LogP contribution >= 0.6 is 15.9 Å². The highest BCUT2D eigenvalue weighted by molar-refractivity contribution is 9.10. The molecule has 0 unspecified atom stereocenters. The minimum Gasteiger partial charge on any atom is -0.491 e. The van der Waals surface area contributed by atoms with Gasteiger partial charge < -0.3 is 15.0 Å². The molecule has 16 heavy (non-hydrogen) atoms. The Balaban J connectivity index is 2.54. The van der Waals surface area contributed by atoms with E-state index in [0.29, 0.717) is 6.61 Å². The molecular weight excluding hydrogens is 268 g/mol. The molecule has 0 radical (unpaired) electrons. The number of ether oxygens (including phenoxy) is 1. The van der Waals surface area contributed by atoms with Crippen LogP contribution in [-0.2, 0) is 6.54 Å². The van der Waals surface area contributed by atoms with E-state index < -0.39 is 0 Å². The molecule has 1 aromatic carbocycles. The Bertz CT molecular complexity index is 329. The first-order valence-electron chi connectivity index (χ1n) is 5.34. The SMILES string of the molecule is CNCc1ccc(OCCN(C)C)c(Br)c1. The van der Waals surface area contributed by atoms with E-state index in [0.717, 1.165) is 23.3 Å². The third-order valence-electron chi connectivity index (χ3n) is 2.17. The third-order valence-corrected chi connectivity index (χ3v) is 2.79. The number of rotatable bonds is 6. The molecule has 0 aliphatic heterocycles. The first kappa shape index (κ1) is 13.5. The smallest absolute Gasteiger partial charge is 0.133 e.